The van der Waals surface area contributed by atoms with E-state index in [-0.39, 0.29) is 5.41 Å². The van der Waals surface area contributed by atoms with E-state index in [9.17, 15) is 5.26 Å². The molecule has 1 atom stereocenters. The SMILES string of the molecule is C=C(C)CC1(C#N)CCN(PC)CC1. The largest absolute Gasteiger partial charge is 0.285 e. The summed E-state index contributed by atoms with van der Waals surface area (Å²) in [7, 11) is 0.882. The second-order valence-electron chi connectivity index (χ2n) is 4.24. The summed E-state index contributed by atoms with van der Waals surface area (Å²) in [5.41, 5.74) is 1.03. The first-order valence-electron chi connectivity index (χ1n) is 5.10. The topological polar surface area (TPSA) is 27.0 Å². The Labute approximate surface area is 88.8 Å². The fourth-order valence-corrected chi connectivity index (χ4v) is 2.73. The molecule has 1 aliphatic heterocycles. The van der Waals surface area contributed by atoms with E-state index in [0.29, 0.717) is 0 Å². The van der Waals surface area contributed by atoms with Crippen LogP contribution in [0, 0.1) is 16.7 Å². The zero-order valence-corrected chi connectivity index (χ0v) is 10.1. The van der Waals surface area contributed by atoms with Gasteiger partial charge in [0.1, 0.15) is 0 Å². The van der Waals surface area contributed by atoms with Crippen LogP contribution in [0.25, 0.3) is 0 Å². The van der Waals surface area contributed by atoms with E-state index in [1.807, 2.05) is 6.92 Å². The summed E-state index contributed by atoms with van der Waals surface area (Å²) in [6.45, 7) is 10.3. The van der Waals surface area contributed by atoms with E-state index < -0.39 is 0 Å². The van der Waals surface area contributed by atoms with Gasteiger partial charge in [-0.15, -0.1) is 6.58 Å². The van der Waals surface area contributed by atoms with Crippen LogP contribution >= 0.6 is 8.73 Å². The minimum atomic E-state index is -0.109. The van der Waals surface area contributed by atoms with E-state index in [1.165, 1.54) is 0 Å². The minimum absolute atomic E-state index is 0.109. The molecule has 0 radical (unpaired) electrons. The van der Waals surface area contributed by atoms with Crippen molar-refractivity contribution < 1.29 is 0 Å². The molecule has 0 aliphatic carbocycles. The van der Waals surface area contributed by atoms with Gasteiger partial charge in [-0.1, -0.05) is 14.3 Å². The van der Waals surface area contributed by atoms with Crippen LogP contribution in [0.1, 0.15) is 26.2 Å². The second-order valence-corrected chi connectivity index (χ2v) is 5.32. The van der Waals surface area contributed by atoms with Gasteiger partial charge in [-0.2, -0.15) is 5.26 Å². The molecule has 0 amide bonds. The fourth-order valence-electron chi connectivity index (χ4n) is 2.06. The molecule has 3 heteroatoms. The van der Waals surface area contributed by atoms with Crippen molar-refractivity contribution in [2.24, 2.45) is 5.41 Å². The lowest BCUT2D eigenvalue weighted by Crippen LogP contribution is -2.35. The lowest BCUT2D eigenvalue weighted by atomic mass is 9.76. The monoisotopic (exact) mass is 210 g/mol. The van der Waals surface area contributed by atoms with Crippen LogP contribution in [0.4, 0.5) is 0 Å². The molecular formula is C11H19N2P. The highest BCUT2D eigenvalue weighted by atomic mass is 31.1. The molecule has 1 aliphatic rings. The zero-order chi connectivity index (χ0) is 10.6. The molecule has 1 saturated heterocycles. The van der Waals surface area contributed by atoms with Crippen LogP contribution in [0.3, 0.4) is 0 Å². The quantitative estimate of drug-likeness (QED) is 0.529. The maximum absolute atomic E-state index is 9.24. The van der Waals surface area contributed by atoms with E-state index in [4.69, 9.17) is 0 Å². The third kappa shape index (κ3) is 2.80. The highest BCUT2D eigenvalue weighted by Crippen LogP contribution is 2.38. The Kier molecular flexibility index (Phi) is 4.11. The van der Waals surface area contributed by atoms with Gasteiger partial charge in [-0.05, 0) is 32.9 Å². The second kappa shape index (κ2) is 4.91. The van der Waals surface area contributed by atoms with Crippen molar-refractivity contribution >= 4 is 8.73 Å². The van der Waals surface area contributed by atoms with Crippen molar-refractivity contribution in [1.29, 1.82) is 5.26 Å². The minimum Gasteiger partial charge on any atom is -0.285 e. The van der Waals surface area contributed by atoms with E-state index in [0.717, 1.165) is 46.7 Å². The summed E-state index contributed by atoms with van der Waals surface area (Å²) < 4.78 is 2.44. The lowest BCUT2D eigenvalue weighted by Gasteiger charge is -2.36. The molecule has 2 nitrogen and oxygen atoms in total. The maximum atomic E-state index is 9.24. The average molecular weight is 210 g/mol. The smallest absolute Gasteiger partial charge is 0.0694 e. The molecule has 78 valence electrons. The van der Waals surface area contributed by atoms with Crippen LogP contribution in [0.15, 0.2) is 12.2 Å². The molecule has 0 N–H and O–H groups in total. The van der Waals surface area contributed by atoms with Gasteiger partial charge in [-0.3, -0.25) is 4.67 Å². The molecule has 0 aromatic heterocycles. The summed E-state index contributed by atoms with van der Waals surface area (Å²) in [4.78, 5) is 0. The summed E-state index contributed by atoms with van der Waals surface area (Å²) in [5, 5.41) is 9.24. The first-order chi connectivity index (χ1) is 6.62. The van der Waals surface area contributed by atoms with Gasteiger partial charge in [0, 0.05) is 13.1 Å². The third-order valence-corrected chi connectivity index (χ3v) is 3.99. The van der Waals surface area contributed by atoms with Gasteiger partial charge in [0.05, 0.1) is 11.5 Å². The number of rotatable bonds is 3. The average Bonchev–Trinajstić information content (AvgIpc) is 2.18. The van der Waals surface area contributed by atoms with Crippen molar-refractivity contribution in [3.63, 3.8) is 0 Å². The van der Waals surface area contributed by atoms with Crippen LogP contribution < -0.4 is 0 Å². The van der Waals surface area contributed by atoms with Crippen molar-refractivity contribution in [3.05, 3.63) is 12.2 Å². The maximum Gasteiger partial charge on any atom is 0.0694 e. The number of hydrogen-bond donors (Lipinski definition) is 0. The van der Waals surface area contributed by atoms with Gasteiger partial charge >= 0.3 is 0 Å². The standard InChI is InChI=1S/C11H19N2P/c1-10(2)8-11(9-12)4-6-13(14-3)7-5-11/h14H,1,4-8H2,2-3H3. The molecular weight excluding hydrogens is 191 g/mol. The molecule has 1 unspecified atom stereocenters. The molecule has 0 spiro atoms. The predicted octanol–water partition coefficient (Wildman–Crippen LogP) is 2.78. The number of piperidine rings is 1. The predicted molar refractivity (Wildman–Crippen MR) is 62.5 cm³/mol. The Morgan fingerprint density at radius 1 is 1.57 bits per heavy atom. The number of hydrogen-bond acceptors (Lipinski definition) is 2. The van der Waals surface area contributed by atoms with E-state index >= 15 is 0 Å². The fraction of sp³-hybridized carbons (Fsp3) is 0.727. The van der Waals surface area contributed by atoms with Crippen LogP contribution in [0.5, 0.6) is 0 Å². The van der Waals surface area contributed by atoms with Crippen molar-refractivity contribution in [2.45, 2.75) is 26.2 Å². The van der Waals surface area contributed by atoms with Crippen LogP contribution in [-0.2, 0) is 0 Å². The van der Waals surface area contributed by atoms with Gasteiger partial charge < -0.3 is 0 Å². The Hall–Kier alpha value is -0.380. The highest BCUT2D eigenvalue weighted by Gasteiger charge is 2.34. The molecule has 1 rings (SSSR count). The summed E-state index contributed by atoms with van der Waals surface area (Å²) in [6, 6.07) is 2.51. The molecule has 0 saturated carbocycles. The Bertz CT molecular complexity index is 247. The Balaban J connectivity index is 2.58. The van der Waals surface area contributed by atoms with Crippen LogP contribution in [-0.4, -0.2) is 24.4 Å². The van der Waals surface area contributed by atoms with Crippen LogP contribution in [0.2, 0.25) is 0 Å². The first kappa shape index (κ1) is 11.7. The van der Waals surface area contributed by atoms with E-state index in [1.54, 1.807) is 0 Å². The van der Waals surface area contributed by atoms with Gasteiger partial charge in [0.15, 0.2) is 0 Å². The van der Waals surface area contributed by atoms with Gasteiger partial charge in [0.25, 0.3) is 0 Å². The summed E-state index contributed by atoms with van der Waals surface area (Å²) >= 11 is 0. The Morgan fingerprint density at radius 3 is 2.50 bits per heavy atom. The van der Waals surface area contributed by atoms with Crippen molar-refractivity contribution in [3.8, 4) is 6.07 Å². The number of nitriles is 1. The molecule has 0 aromatic carbocycles. The molecule has 1 heterocycles. The summed E-state index contributed by atoms with van der Waals surface area (Å²) in [5.74, 6) is 0. The molecule has 0 bridgehead atoms. The number of allylic oxidation sites excluding steroid dienone is 1. The third-order valence-electron chi connectivity index (χ3n) is 2.91. The first-order valence-corrected chi connectivity index (χ1v) is 6.54. The highest BCUT2D eigenvalue weighted by molar-refractivity contribution is 7.34. The molecule has 14 heavy (non-hydrogen) atoms. The zero-order valence-electron chi connectivity index (χ0n) is 9.14. The lowest BCUT2D eigenvalue weighted by molar-refractivity contribution is 0.220. The number of nitrogens with zero attached hydrogens (tertiary/aromatic N) is 2. The molecule has 0 aromatic rings. The Morgan fingerprint density at radius 2 is 2.14 bits per heavy atom. The van der Waals surface area contributed by atoms with Gasteiger partial charge in [0.2, 0.25) is 0 Å². The molecule has 1 fully saturated rings. The summed E-state index contributed by atoms with van der Waals surface area (Å²) in [6.07, 6.45) is 2.90. The van der Waals surface area contributed by atoms with Crippen molar-refractivity contribution in [2.75, 3.05) is 19.8 Å². The van der Waals surface area contributed by atoms with Gasteiger partial charge in [-0.25, -0.2) is 0 Å². The normalized spacial score (nSPS) is 22.4. The van der Waals surface area contributed by atoms with E-state index in [2.05, 4.69) is 24.0 Å². The van der Waals surface area contributed by atoms with Crippen molar-refractivity contribution in [1.82, 2.24) is 4.67 Å².